The molecule has 4 rings (SSSR count). The van der Waals surface area contributed by atoms with E-state index in [1.807, 2.05) is 6.07 Å². The zero-order valence-corrected chi connectivity index (χ0v) is 14.6. The number of quaternary nitrogens is 2. The number of fused-ring (bicyclic) bond motifs is 1. The first-order chi connectivity index (χ1) is 12.7. The molecule has 1 saturated heterocycles. The quantitative estimate of drug-likeness (QED) is 0.575. The highest BCUT2D eigenvalue weighted by molar-refractivity contribution is 5.54. The van der Waals surface area contributed by atoms with Gasteiger partial charge < -0.3 is 19.3 Å². The topological polar surface area (TPSA) is 70.5 Å². The van der Waals surface area contributed by atoms with Crippen LogP contribution in [0.15, 0.2) is 42.5 Å². The summed E-state index contributed by atoms with van der Waals surface area (Å²) in [6.45, 7) is 5.97. The number of nitrogens with one attached hydrogen (secondary N) is 2. The molecule has 0 aromatic heterocycles. The molecule has 2 aliphatic rings. The van der Waals surface area contributed by atoms with Gasteiger partial charge in [-0.25, -0.2) is 0 Å². The van der Waals surface area contributed by atoms with Crippen molar-refractivity contribution in [1.82, 2.24) is 0 Å². The Labute approximate surface area is 151 Å². The highest BCUT2D eigenvalue weighted by Crippen LogP contribution is 2.37. The first-order valence-electron chi connectivity index (χ1n) is 8.97. The van der Waals surface area contributed by atoms with E-state index in [4.69, 9.17) is 9.47 Å². The monoisotopic (exact) mass is 357 g/mol. The van der Waals surface area contributed by atoms with Crippen molar-refractivity contribution in [2.75, 3.05) is 33.0 Å². The molecule has 7 heteroatoms. The Balaban J connectivity index is 1.39. The van der Waals surface area contributed by atoms with E-state index in [1.165, 1.54) is 16.5 Å². The number of nitro benzene ring substituents is 1. The van der Waals surface area contributed by atoms with Gasteiger partial charge in [0, 0.05) is 5.56 Å². The smallest absolute Gasteiger partial charge is 0.282 e. The van der Waals surface area contributed by atoms with Crippen molar-refractivity contribution in [1.29, 1.82) is 0 Å². The van der Waals surface area contributed by atoms with Gasteiger partial charge in [-0.2, -0.15) is 0 Å². The van der Waals surface area contributed by atoms with Gasteiger partial charge in [-0.3, -0.25) is 10.1 Å². The second kappa shape index (κ2) is 7.31. The van der Waals surface area contributed by atoms with Gasteiger partial charge in [0.25, 0.3) is 5.69 Å². The molecule has 2 heterocycles. The molecule has 2 aromatic rings. The molecule has 1 fully saturated rings. The summed E-state index contributed by atoms with van der Waals surface area (Å²) in [5, 5.41) is 11.4. The van der Waals surface area contributed by atoms with Crippen molar-refractivity contribution in [3.05, 3.63) is 63.7 Å². The normalized spacial score (nSPS) is 21.5. The summed E-state index contributed by atoms with van der Waals surface area (Å²) in [6.07, 6.45) is 0. The zero-order chi connectivity index (χ0) is 17.9. The van der Waals surface area contributed by atoms with Crippen LogP contribution in [0, 0.1) is 10.1 Å². The Morgan fingerprint density at radius 2 is 1.54 bits per heavy atom. The van der Waals surface area contributed by atoms with Crippen LogP contribution in [0.3, 0.4) is 0 Å². The third-order valence-electron chi connectivity index (χ3n) is 5.17. The molecule has 2 N–H and O–H groups in total. The van der Waals surface area contributed by atoms with Gasteiger partial charge >= 0.3 is 0 Å². The Morgan fingerprint density at radius 3 is 2.19 bits per heavy atom. The van der Waals surface area contributed by atoms with Gasteiger partial charge in [0.2, 0.25) is 6.79 Å². The fourth-order valence-electron chi connectivity index (χ4n) is 3.75. The lowest BCUT2D eigenvalue weighted by Gasteiger charge is -2.29. The molecule has 0 radical (unpaired) electrons. The molecule has 0 saturated carbocycles. The molecular weight excluding hydrogens is 334 g/mol. The lowest BCUT2D eigenvalue weighted by molar-refractivity contribution is -1.02. The number of hydrogen-bond donors (Lipinski definition) is 2. The maximum Gasteiger partial charge on any atom is 0.282 e. The summed E-state index contributed by atoms with van der Waals surface area (Å²) in [5.74, 6) is 1.07. The number of rotatable bonds is 5. The van der Waals surface area contributed by atoms with Crippen LogP contribution >= 0.6 is 0 Å². The van der Waals surface area contributed by atoms with Crippen LogP contribution < -0.4 is 19.3 Å². The predicted molar refractivity (Wildman–Crippen MR) is 94.5 cm³/mol. The minimum absolute atomic E-state index is 0.126. The maximum atomic E-state index is 11.4. The van der Waals surface area contributed by atoms with E-state index in [2.05, 4.69) is 24.3 Å². The molecule has 0 atom stereocenters. The van der Waals surface area contributed by atoms with Crippen molar-refractivity contribution >= 4 is 5.69 Å². The second-order valence-electron chi connectivity index (χ2n) is 6.93. The molecule has 0 aliphatic carbocycles. The SMILES string of the molecule is O=[N+]([O-])c1cc2c(cc1C[NH+]1CC[NH+](Cc3ccccc3)CC1)OCO2. The molecule has 2 aliphatic heterocycles. The number of hydrogen-bond acceptors (Lipinski definition) is 4. The third kappa shape index (κ3) is 3.63. The highest BCUT2D eigenvalue weighted by atomic mass is 16.7. The fraction of sp³-hybridized carbons (Fsp3) is 0.368. The van der Waals surface area contributed by atoms with Crippen LogP contribution in [-0.4, -0.2) is 37.9 Å². The van der Waals surface area contributed by atoms with Crippen molar-refractivity contribution in [2.45, 2.75) is 13.1 Å². The summed E-state index contributed by atoms with van der Waals surface area (Å²) in [7, 11) is 0. The van der Waals surface area contributed by atoms with Gasteiger partial charge in [-0.1, -0.05) is 30.3 Å². The first-order valence-corrected chi connectivity index (χ1v) is 8.97. The zero-order valence-electron chi connectivity index (χ0n) is 14.6. The molecule has 136 valence electrons. The lowest BCUT2D eigenvalue weighted by Crippen LogP contribution is -3.27. The Bertz CT molecular complexity index is 789. The highest BCUT2D eigenvalue weighted by Gasteiger charge is 2.28. The van der Waals surface area contributed by atoms with E-state index < -0.39 is 0 Å². The summed E-state index contributed by atoms with van der Waals surface area (Å²) in [5.41, 5.74) is 2.21. The molecule has 0 bridgehead atoms. The van der Waals surface area contributed by atoms with Crippen molar-refractivity contribution in [3.8, 4) is 11.5 Å². The van der Waals surface area contributed by atoms with Gasteiger partial charge in [0.05, 0.1) is 16.6 Å². The molecule has 0 unspecified atom stereocenters. The number of piperazine rings is 1. The van der Waals surface area contributed by atoms with Gasteiger partial charge in [-0.15, -0.1) is 0 Å². The molecule has 7 nitrogen and oxygen atoms in total. The predicted octanol–water partition coefficient (Wildman–Crippen LogP) is -0.193. The summed E-state index contributed by atoms with van der Waals surface area (Å²) in [6, 6.07) is 13.8. The third-order valence-corrected chi connectivity index (χ3v) is 5.17. The van der Waals surface area contributed by atoms with E-state index >= 15 is 0 Å². The minimum Gasteiger partial charge on any atom is -0.454 e. The number of nitro groups is 1. The Morgan fingerprint density at radius 1 is 0.923 bits per heavy atom. The number of ether oxygens (including phenoxy) is 2. The fourth-order valence-corrected chi connectivity index (χ4v) is 3.75. The van der Waals surface area contributed by atoms with Crippen LogP contribution in [0.25, 0.3) is 0 Å². The molecule has 2 aromatic carbocycles. The van der Waals surface area contributed by atoms with Crippen molar-refractivity contribution in [3.63, 3.8) is 0 Å². The van der Waals surface area contributed by atoms with E-state index in [1.54, 1.807) is 11.0 Å². The lowest BCUT2D eigenvalue weighted by atomic mass is 10.1. The number of benzene rings is 2. The van der Waals surface area contributed by atoms with Crippen molar-refractivity contribution < 1.29 is 24.2 Å². The van der Waals surface area contributed by atoms with Gasteiger partial charge in [-0.05, 0) is 6.07 Å². The van der Waals surface area contributed by atoms with Crippen LogP contribution in [0.5, 0.6) is 11.5 Å². The van der Waals surface area contributed by atoms with Gasteiger partial charge in [0.1, 0.15) is 39.3 Å². The van der Waals surface area contributed by atoms with Gasteiger partial charge in [0.15, 0.2) is 11.5 Å². The molecule has 0 amide bonds. The van der Waals surface area contributed by atoms with E-state index in [0.717, 1.165) is 38.3 Å². The maximum absolute atomic E-state index is 11.4. The van der Waals surface area contributed by atoms with Crippen LogP contribution in [-0.2, 0) is 13.1 Å². The summed E-state index contributed by atoms with van der Waals surface area (Å²) < 4.78 is 10.7. The minimum atomic E-state index is -0.326. The van der Waals surface area contributed by atoms with E-state index in [-0.39, 0.29) is 17.4 Å². The van der Waals surface area contributed by atoms with E-state index in [9.17, 15) is 10.1 Å². The second-order valence-corrected chi connectivity index (χ2v) is 6.93. The Kier molecular flexibility index (Phi) is 4.73. The largest absolute Gasteiger partial charge is 0.454 e. The van der Waals surface area contributed by atoms with Crippen LogP contribution in [0.1, 0.15) is 11.1 Å². The molecular formula is C19H23N3O4+2. The van der Waals surface area contributed by atoms with Crippen LogP contribution in [0.2, 0.25) is 0 Å². The van der Waals surface area contributed by atoms with Crippen molar-refractivity contribution in [2.24, 2.45) is 0 Å². The summed E-state index contributed by atoms with van der Waals surface area (Å²) in [4.78, 5) is 14.0. The standard InChI is InChI=1S/C19H21N3O4/c23-22(24)17-11-19-18(25-14-26-19)10-16(17)13-21-8-6-20(7-9-21)12-15-4-2-1-3-5-15/h1-5,10-11H,6-9,12-14H2/p+2. The molecule has 26 heavy (non-hydrogen) atoms. The average molecular weight is 357 g/mol. The summed E-state index contributed by atoms with van der Waals surface area (Å²) >= 11 is 0. The Hall–Kier alpha value is -2.64. The molecule has 0 spiro atoms. The van der Waals surface area contributed by atoms with Crippen LogP contribution in [0.4, 0.5) is 5.69 Å². The first kappa shape index (κ1) is 16.8. The average Bonchev–Trinajstić information content (AvgIpc) is 3.11. The van der Waals surface area contributed by atoms with E-state index in [0.29, 0.717) is 18.0 Å². The number of nitrogens with zero attached hydrogens (tertiary/aromatic N) is 1.